The Bertz CT molecular complexity index is 1250. The van der Waals surface area contributed by atoms with Crippen LogP contribution in [0.1, 0.15) is 29.4 Å². The molecule has 1 atom stereocenters. The van der Waals surface area contributed by atoms with Gasteiger partial charge in [-0.1, -0.05) is 0 Å². The van der Waals surface area contributed by atoms with Crippen LogP contribution in [0.25, 0.3) is 22.2 Å². The largest absolute Gasteiger partial charge is 0.497 e. The molecule has 0 radical (unpaired) electrons. The molecular formula is C24H26N4O4. The number of aliphatic hydroxyl groups excluding tert-OH is 1. The summed E-state index contributed by atoms with van der Waals surface area (Å²) in [5, 5.41) is 16.3. The van der Waals surface area contributed by atoms with E-state index in [0.717, 1.165) is 57.2 Å². The molecule has 1 unspecified atom stereocenters. The van der Waals surface area contributed by atoms with E-state index in [-0.39, 0.29) is 12.5 Å². The second-order valence-corrected chi connectivity index (χ2v) is 7.99. The number of rotatable bonds is 7. The Balaban J connectivity index is 1.52. The van der Waals surface area contributed by atoms with Gasteiger partial charge in [0.1, 0.15) is 28.6 Å². The van der Waals surface area contributed by atoms with Gasteiger partial charge < -0.3 is 24.3 Å². The van der Waals surface area contributed by atoms with Gasteiger partial charge in [-0.15, -0.1) is 0 Å². The minimum Gasteiger partial charge on any atom is -0.497 e. The van der Waals surface area contributed by atoms with Crippen molar-refractivity contribution in [1.29, 1.82) is 0 Å². The number of nitrogens with one attached hydrogen (secondary N) is 2. The summed E-state index contributed by atoms with van der Waals surface area (Å²) >= 11 is 0. The van der Waals surface area contributed by atoms with Crippen LogP contribution < -0.4 is 14.2 Å². The SMILES string of the molecule is COc1ccc2c(c1)CC(c1nc3cc(-c4c[nH]nc4C)cc(OCCCO)c3[nH]1)CO2. The number of fused-ring (bicyclic) bond motifs is 2. The van der Waals surface area contributed by atoms with Gasteiger partial charge in [-0.3, -0.25) is 5.10 Å². The summed E-state index contributed by atoms with van der Waals surface area (Å²) < 4.78 is 17.4. The number of hydrogen-bond donors (Lipinski definition) is 3. The van der Waals surface area contributed by atoms with Gasteiger partial charge >= 0.3 is 0 Å². The number of methoxy groups -OCH3 is 1. The van der Waals surface area contributed by atoms with Crippen LogP contribution in [0.15, 0.2) is 36.5 Å². The number of nitrogens with zero attached hydrogens (tertiary/aromatic N) is 2. The maximum atomic E-state index is 9.16. The average molecular weight is 434 g/mol. The highest BCUT2D eigenvalue weighted by atomic mass is 16.5. The summed E-state index contributed by atoms with van der Waals surface area (Å²) in [5.41, 5.74) is 5.68. The van der Waals surface area contributed by atoms with Crippen LogP contribution in [0.5, 0.6) is 17.2 Å². The van der Waals surface area contributed by atoms with Crippen molar-refractivity contribution in [1.82, 2.24) is 20.2 Å². The van der Waals surface area contributed by atoms with Crippen molar-refractivity contribution in [3.05, 3.63) is 53.6 Å². The van der Waals surface area contributed by atoms with E-state index < -0.39 is 0 Å². The molecule has 0 spiro atoms. The number of aliphatic hydroxyl groups is 1. The van der Waals surface area contributed by atoms with Crippen molar-refractivity contribution < 1.29 is 19.3 Å². The Labute approximate surface area is 185 Å². The zero-order valence-electron chi connectivity index (χ0n) is 18.1. The molecule has 0 amide bonds. The van der Waals surface area contributed by atoms with Crippen LogP contribution in [0.2, 0.25) is 0 Å². The van der Waals surface area contributed by atoms with Gasteiger partial charge in [0.05, 0.1) is 37.5 Å². The summed E-state index contributed by atoms with van der Waals surface area (Å²) in [6, 6.07) is 9.93. The molecular weight excluding hydrogens is 408 g/mol. The molecule has 1 aliphatic rings. The predicted molar refractivity (Wildman–Crippen MR) is 121 cm³/mol. The van der Waals surface area contributed by atoms with E-state index in [1.165, 1.54) is 0 Å². The molecule has 3 N–H and O–H groups in total. The molecule has 0 saturated carbocycles. The fourth-order valence-corrected chi connectivity index (χ4v) is 4.13. The van der Waals surface area contributed by atoms with E-state index in [4.69, 9.17) is 24.3 Å². The van der Waals surface area contributed by atoms with Crippen LogP contribution in [0.3, 0.4) is 0 Å². The first-order valence-electron chi connectivity index (χ1n) is 10.7. The average Bonchev–Trinajstić information content (AvgIpc) is 3.44. The number of imidazole rings is 1. The first-order chi connectivity index (χ1) is 15.7. The Hall–Kier alpha value is -3.52. The molecule has 2 aromatic carbocycles. The van der Waals surface area contributed by atoms with Gasteiger partial charge in [0, 0.05) is 24.8 Å². The minimum atomic E-state index is 0.0835. The Morgan fingerprint density at radius 2 is 2.16 bits per heavy atom. The monoisotopic (exact) mass is 434 g/mol. The first kappa shape index (κ1) is 20.4. The standard InChI is InChI=1S/C24H26N4O4/c1-14-19(12-25-28-14)15-10-20-23(22(11-15)31-7-3-6-29)27-24(26-20)17-8-16-9-18(30-2)4-5-21(16)32-13-17/h4-5,9-12,17,29H,3,6-8,13H2,1-2H3,(H,25,28)(H,26,27). The number of aromatic nitrogens is 4. The van der Waals surface area contributed by atoms with Gasteiger partial charge in [0.25, 0.3) is 0 Å². The van der Waals surface area contributed by atoms with Crippen LogP contribution in [0, 0.1) is 6.92 Å². The minimum absolute atomic E-state index is 0.0835. The van der Waals surface area contributed by atoms with E-state index in [9.17, 15) is 0 Å². The number of ether oxygens (including phenoxy) is 3. The maximum absolute atomic E-state index is 9.16. The summed E-state index contributed by atoms with van der Waals surface area (Å²) in [4.78, 5) is 8.39. The van der Waals surface area contributed by atoms with E-state index in [1.54, 1.807) is 7.11 Å². The van der Waals surface area contributed by atoms with Gasteiger partial charge in [-0.05, 0) is 54.8 Å². The van der Waals surface area contributed by atoms with Gasteiger partial charge in [0.15, 0.2) is 0 Å². The van der Waals surface area contributed by atoms with Crippen LogP contribution in [-0.4, -0.2) is 52.2 Å². The summed E-state index contributed by atoms with van der Waals surface area (Å²) in [5.74, 6) is 3.37. The fraction of sp³-hybridized carbons (Fsp3) is 0.333. The third kappa shape index (κ3) is 3.78. The quantitative estimate of drug-likeness (QED) is 0.383. The van der Waals surface area contributed by atoms with Gasteiger partial charge in [-0.2, -0.15) is 5.10 Å². The first-order valence-corrected chi connectivity index (χ1v) is 10.7. The normalized spacial score (nSPS) is 15.4. The van der Waals surface area contributed by atoms with Crippen molar-refractivity contribution in [2.75, 3.05) is 26.9 Å². The number of hydrogen-bond acceptors (Lipinski definition) is 6. The lowest BCUT2D eigenvalue weighted by atomic mass is 9.96. The lowest BCUT2D eigenvalue weighted by molar-refractivity contribution is 0.234. The van der Waals surface area contributed by atoms with E-state index in [0.29, 0.717) is 25.4 Å². The third-order valence-electron chi connectivity index (χ3n) is 5.84. The van der Waals surface area contributed by atoms with E-state index in [1.807, 2.05) is 43.5 Å². The highest BCUT2D eigenvalue weighted by Gasteiger charge is 2.25. The summed E-state index contributed by atoms with van der Waals surface area (Å²) in [7, 11) is 1.67. The Kier molecular flexibility index (Phi) is 5.45. The van der Waals surface area contributed by atoms with Crippen LogP contribution >= 0.6 is 0 Å². The molecule has 0 fully saturated rings. The summed E-state index contributed by atoms with van der Waals surface area (Å²) in [6.45, 7) is 3.02. The zero-order chi connectivity index (χ0) is 22.1. The van der Waals surface area contributed by atoms with Crippen molar-refractivity contribution >= 4 is 11.0 Å². The third-order valence-corrected chi connectivity index (χ3v) is 5.84. The lowest BCUT2D eigenvalue weighted by Crippen LogP contribution is -2.20. The zero-order valence-corrected chi connectivity index (χ0v) is 18.1. The maximum Gasteiger partial charge on any atom is 0.145 e. The topological polar surface area (TPSA) is 105 Å². The molecule has 3 heterocycles. The Morgan fingerprint density at radius 1 is 1.25 bits per heavy atom. The smallest absolute Gasteiger partial charge is 0.145 e. The predicted octanol–water partition coefficient (Wildman–Crippen LogP) is 3.75. The highest BCUT2D eigenvalue weighted by molar-refractivity contribution is 5.88. The molecule has 32 heavy (non-hydrogen) atoms. The molecule has 0 aliphatic carbocycles. The molecule has 166 valence electrons. The fourth-order valence-electron chi connectivity index (χ4n) is 4.13. The molecule has 1 aliphatic heterocycles. The van der Waals surface area contributed by atoms with Crippen LogP contribution in [0.4, 0.5) is 0 Å². The number of aryl methyl sites for hydroxylation is 1. The van der Waals surface area contributed by atoms with Crippen molar-refractivity contribution in [2.45, 2.75) is 25.7 Å². The van der Waals surface area contributed by atoms with Crippen LogP contribution in [-0.2, 0) is 6.42 Å². The van der Waals surface area contributed by atoms with Crippen molar-refractivity contribution in [3.63, 3.8) is 0 Å². The summed E-state index contributed by atoms with van der Waals surface area (Å²) in [6.07, 6.45) is 3.24. The molecule has 0 saturated heterocycles. The molecule has 2 aromatic heterocycles. The molecule has 5 rings (SSSR count). The number of H-pyrrole nitrogens is 2. The second-order valence-electron chi connectivity index (χ2n) is 7.99. The molecule has 8 heteroatoms. The van der Waals surface area contributed by atoms with Crippen molar-refractivity contribution in [2.24, 2.45) is 0 Å². The highest BCUT2D eigenvalue weighted by Crippen LogP contribution is 2.37. The van der Waals surface area contributed by atoms with Gasteiger partial charge in [0.2, 0.25) is 0 Å². The number of aromatic amines is 2. The molecule has 4 aromatic rings. The van der Waals surface area contributed by atoms with E-state index in [2.05, 4.69) is 15.2 Å². The second kappa shape index (κ2) is 8.55. The van der Waals surface area contributed by atoms with E-state index >= 15 is 0 Å². The molecule has 8 nitrogen and oxygen atoms in total. The number of benzene rings is 2. The van der Waals surface area contributed by atoms with Crippen molar-refractivity contribution in [3.8, 4) is 28.4 Å². The lowest BCUT2D eigenvalue weighted by Gasteiger charge is -2.24. The Morgan fingerprint density at radius 3 is 2.94 bits per heavy atom. The van der Waals surface area contributed by atoms with Gasteiger partial charge in [-0.25, -0.2) is 4.98 Å². The molecule has 0 bridgehead atoms.